The Hall–Kier alpha value is -2.18. The monoisotopic (exact) mass is 795 g/mol. The zero-order valence-corrected chi connectivity index (χ0v) is 37.4. The summed E-state index contributed by atoms with van der Waals surface area (Å²) < 4.78 is 0.916. The van der Waals surface area contributed by atoms with Crippen LogP contribution >= 0.6 is 17.0 Å². The minimum absolute atomic E-state index is 0.0487. The first-order valence-corrected chi connectivity index (χ1v) is 30.2. The van der Waals surface area contributed by atoms with E-state index in [0.29, 0.717) is 0 Å². The van der Waals surface area contributed by atoms with Gasteiger partial charge in [0.2, 0.25) is 0 Å². The molecule has 4 aromatic rings. The zero-order chi connectivity index (χ0) is 37.4. The molecular formula is C48H59Cl2Zr. The summed E-state index contributed by atoms with van der Waals surface area (Å²) in [6.45, 7) is 29.8. The Morgan fingerprint density at radius 2 is 0.882 bits per heavy atom. The van der Waals surface area contributed by atoms with Gasteiger partial charge in [0, 0.05) is 0 Å². The summed E-state index contributed by atoms with van der Waals surface area (Å²) in [5, 5.41) is 0. The van der Waals surface area contributed by atoms with Gasteiger partial charge >= 0.3 is 320 Å². The van der Waals surface area contributed by atoms with E-state index in [-0.39, 0.29) is 18.1 Å². The van der Waals surface area contributed by atoms with Crippen LogP contribution in [0.5, 0.6) is 0 Å². The van der Waals surface area contributed by atoms with E-state index in [0.717, 1.165) is 17.0 Å². The van der Waals surface area contributed by atoms with Crippen LogP contribution in [-0.2, 0) is 27.2 Å². The van der Waals surface area contributed by atoms with Crippen molar-refractivity contribution >= 4 is 29.2 Å². The molecule has 0 amide bonds. The van der Waals surface area contributed by atoms with Crippen molar-refractivity contribution in [2.45, 2.75) is 125 Å². The van der Waals surface area contributed by atoms with Crippen molar-refractivity contribution in [1.82, 2.24) is 0 Å². The molecule has 2 aliphatic carbocycles. The van der Waals surface area contributed by atoms with Crippen molar-refractivity contribution in [3.63, 3.8) is 0 Å². The van der Waals surface area contributed by atoms with Crippen LogP contribution in [0, 0.1) is 27.7 Å². The van der Waals surface area contributed by atoms with E-state index >= 15 is 0 Å². The summed E-state index contributed by atoms with van der Waals surface area (Å²) in [7, 11) is 17.3. The van der Waals surface area contributed by atoms with Gasteiger partial charge in [0.1, 0.15) is 0 Å². The van der Waals surface area contributed by atoms with Crippen molar-refractivity contribution in [1.29, 1.82) is 0 Å². The van der Waals surface area contributed by atoms with Gasteiger partial charge in [-0.25, -0.2) is 0 Å². The normalized spacial score (nSPS) is 18.2. The maximum atomic E-state index is 8.67. The van der Waals surface area contributed by atoms with Gasteiger partial charge in [-0.15, -0.1) is 0 Å². The second-order valence-electron chi connectivity index (χ2n) is 17.8. The number of benzene rings is 4. The van der Waals surface area contributed by atoms with Gasteiger partial charge in [0.15, 0.2) is 0 Å². The molecule has 3 heteroatoms. The molecule has 0 saturated heterocycles. The minimum atomic E-state index is -4.95. The fraction of sp³-hybridized carbons (Fsp3) is 0.417. The first-order chi connectivity index (χ1) is 23.8. The van der Waals surface area contributed by atoms with E-state index in [4.69, 9.17) is 17.0 Å². The zero-order valence-electron chi connectivity index (χ0n) is 33.5. The fourth-order valence-corrected chi connectivity index (χ4v) is 27.8. The Balaban J connectivity index is 1.58. The number of rotatable bonds is 7. The number of hydrogen-bond donors (Lipinski definition) is 0. The van der Waals surface area contributed by atoms with E-state index in [9.17, 15) is 0 Å². The molecule has 269 valence electrons. The molecule has 2 atom stereocenters. The molecule has 51 heavy (non-hydrogen) atoms. The van der Waals surface area contributed by atoms with Crippen molar-refractivity contribution in [3.8, 4) is 22.3 Å². The SMILES string of the molecule is CCC1=Cc2c(-c3ccc(C(C)(C)C)cc3)cc(C)c(C)c2[CH]1[Zr]([Cl])([Cl])([CH2]C)[CH]1C(CC)=Cc2c(-c3ccc(C(C)(C)C)cc3)cc(C)c(C)c21. The molecule has 2 aliphatic rings. The molecule has 0 aliphatic heterocycles. The molecule has 6 rings (SSSR count). The molecule has 0 spiro atoms. The van der Waals surface area contributed by atoms with Gasteiger partial charge in [-0.05, 0) is 0 Å². The molecule has 0 nitrogen and oxygen atoms in total. The van der Waals surface area contributed by atoms with Gasteiger partial charge < -0.3 is 0 Å². The van der Waals surface area contributed by atoms with Crippen molar-refractivity contribution < 1.29 is 16.4 Å². The Labute approximate surface area is 318 Å². The Kier molecular flexibility index (Phi) is 10.0. The summed E-state index contributed by atoms with van der Waals surface area (Å²) in [5.74, 6) is 0. The average Bonchev–Trinajstić information content (AvgIpc) is 3.69. The van der Waals surface area contributed by atoms with Gasteiger partial charge in [0.25, 0.3) is 0 Å². The molecule has 0 bridgehead atoms. The van der Waals surface area contributed by atoms with Crippen molar-refractivity contribution in [2.75, 3.05) is 0 Å². The number of hydrogen-bond acceptors (Lipinski definition) is 0. The van der Waals surface area contributed by atoms with Crippen LogP contribution in [0.15, 0.2) is 71.8 Å². The number of halogens is 2. The van der Waals surface area contributed by atoms with E-state index in [1.54, 1.807) is 0 Å². The first kappa shape index (κ1) is 38.5. The van der Waals surface area contributed by atoms with Crippen LogP contribution in [-0.4, -0.2) is 0 Å². The average molecular weight is 798 g/mol. The molecule has 2 unspecified atom stereocenters. The Morgan fingerprint density at radius 1 is 0.549 bits per heavy atom. The quantitative estimate of drug-likeness (QED) is 0.175. The summed E-state index contributed by atoms with van der Waals surface area (Å²) >= 11 is -4.95. The summed E-state index contributed by atoms with van der Waals surface area (Å²) in [6, 6.07) is 23.3. The van der Waals surface area contributed by atoms with Crippen molar-refractivity contribution in [2.24, 2.45) is 0 Å². The number of allylic oxidation sites excluding steroid dienone is 2. The summed E-state index contributed by atoms with van der Waals surface area (Å²) in [5.41, 5.74) is 21.6. The third-order valence-corrected chi connectivity index (χ3v) is 33.3. The molecule has 0 radical (unpaired) electrons. The Morgan fingerprint density at radius 3 is 1.16 bits per heavy atom. The van der Waals surface area contributed by atoms with Crippen LogP contribution in [0.1, 0.15) is 138 Å². The fourth-order valence-electron chi connectivity index (χ4n) is 9.20. The van der Waals surface area contributed by atoms with E-state index in [2.05, 4.69) is 163 Å². The predicted molar refractivity (Wildman–Crippen MR) is 224 cm³/mol. The van der Waals surface area contributed by atoms with Crippen LogP contribution < -0.4 is 0 Å². The predicted octanol–water partition coefficient (Wildman–Crippen LogP) is 15.7. The van der Waals surface area contributed by atoms with Gasteiger partial charge in [-0.2, -0.15) is 0 Å². The second-order valence-corrected chi connectivity index (χ2v) is 40.7. The van der Waals surface area contributed by atoms with Gasteiger partial charge in [-0.3, -0.25) is 0 Å². The summed E-state index contributed by atoms with van der Waals surface area (Å²) in [6.07, 6.45) is 6.85. The Bertz CT molecular complexity index is 1930. The van der Waals surface area contributed by atoms with Gasteiger partial charge in [-0.1, -0.05) is 0 Å². The molecule has 0 N–H and O–H groups in total. The molecule has 0 saturated carbocycles. The molecule has 0 heterocycles. The molecule has 0 aromatic heterocycles. The first-order valence-electron chi connectivity index (χ1n) is 19.2. The second kappa shape index (κ2) is 13.3. The van der Waals surface area contributed by atoms with Gasteiger partial charge in [0.05, 0.1) is 0 Å². The maximum absolute atomic E-state index is 8.67. The van der Waals surface area contributed by atoms with Crippen molar-refractivity contribution in [3.05, 3.63) is 127 Å². The van der Waals surface area contributed by atoms with E-state index in [1.807, 2.05) is 0 Å². The molecule has 4 aromatic carbocycles. The van der Waals surface area contributed by atoms with Crippen LogP contribution in [0.4, 0.5) is 0 Å². The molecule has 0 fully saturated rings. The third kappa shape index (κ3) is 6.34. The number of aryl methyl sites for hydroxylation is 2. The standard InChI is InChI=1S/2C23H27.C2H5.2ClH.Zr/c2*1-7-17-13-20-16(3)15(2)12-21(22(20)14-17)18-8-10-19(11-9-18)23(4,5)6;1-2;;;/h2*8-14H,7H2,1-6H3;1H2,2H3;2*1H;/q;;;;;+2/p-2. The van der Waals surface area contributed by atoms with E-state index in [1.165, 1.54) is 89.0 Å². The summed E-state index contributed by atoms with van der Waals surface area (Å²) in [4.78, 5) is 0. The third-order valence-electron chi connectivity index (χ3n) is 12.6. The van der Waals surface area contributed by atoms with Crippen LogP contribution in [0.25, 0.3) is 34.4 Å². The topological polar surface area (TPSA) is 0 Å². The van der Waals surface area contributed by atoms with Crippen LogP contribution in [0.2, 0.25) is 4.13 Å². The molecular weight excluding hydrogens is 739 g/mol. The van der Waals surface area contributed by atoms with Crippen LogP contribution in [0.3, 0.4) is 0 Å². The van der Waals surface area contributed by atoms with E-state index < -0.39 is 16.4 Å². The number of fused-ring (bicyclic) bond motifs is 2.